The van der Waals surface area contributed by atoms with Gasteiger partial charge in [-0.05, 0) is 24.8 Å². The van der Waals surface area contributed by atoms with Crippen molar-refractivity contribution in [3.8, 4) is 5.75 Å². The maximum atomic E-state index is 13.2. The SMILES string of the molecule is CC.COc1c2n(cc(C(=O)CCc3ccccc3)c1=O)C[C@H]1N(CC3CCCN31)C2=O. The summed E-state index contributed by atoms with van der Waals surface area (Å²) in [5.74, 6) is -0.424. The zero-order valence-corrected chi connectivity index (χ0v) is 19.0. The highest BCUT2D eigenvalue weighted by Crippen LogP contribution is 2.35. The number of nitrogens with zero attached hydrogens (tertiary/aromatic N) is 3. The third-order valence-corrected chi connectivity index (χ3v) is 6.62. The number of methoxy groups -OCH3 is 1. The van der Waals surface area contributed by atoms with E-state index in [-0.39, 0.29) is 41.3 Å². The molecule has 0 N–H and O–H groups in total. The Morgan fingerprint density at radius 3 is 2.59 bits per heavy atom. The first-order valence-electron chi connectivity index (χ1n) is 11.5. The third-order valence-electron chi connectivity index (χ3n) is 6.62. The summed E-state index contributed by atoms with van der Waals surface area (Å²) in [6.45, 7) is 6.22. The summed E-state index contributed by atoms with van der Waals surface area (Å²) in [7, 11) is 1.39. The molecule has 2 saturated heterocycles. The van der Waals surface area contributed by atoms with Crippen molar-refractivity contribution in [1.29, 1.82) is 0 Å². The van der Waals surface area contributed by atoms with Crippen molar-refractivity contribution in [2.75, 3.05) is 20.2 Å². The molecule has 2 fully saturated rings. The van der Waals surface area contributed by atoms with E-state index in [0.717, 1.165) is 24.9 Å². The van der Waals surface area contributed by atoms with Crippen molar-refractivity contribution in [3.05, 3.63) is 63.6 Å². The van der Waals surface area contributed by atoms with Crippen molar-refractivity contribution < 1.29 is 14.3 Å². The molecule has 0 radical (unpaired) electrons. The number of benzene rings is 1. The molecule has 0 spiro atoms. The van der Waals surface area contributed by atoms with Gasteiger partial charge in [0.05, 0.1) is 19.2 Å². The highest BCUT2D eigenvalue weighted by atomic mass is 16.5. The topological polar surface area (TPSA) is 71.8 Å². The van der Waals surface area contributed by atoms with Gasteiger partial charge in [-0.1, -0.05) is 44.2 Å². The minimum absolute atomic E-state index is 0.0167. The quantitative estimate of drug-likeness (QED) is 0.673. The lowest BCUT2D eigenvalue weighted by atomic mass is 10.0. The van der Waals surface area contributed by atoms with Crippen LogP contribution in [0.15, 0.2) is 41.3 Å². The van der Waals surface area contributed by atoms with Crippen LogP contribution in [0.2, 0.25) is 0 Å². The highest BCUT2D eigenvalue weighted by molar-refractivity contribution is 6.00. The van der Waals surface area contributed by atoms with Crippen LogP contribution < -0.4 is 10.2 Å². The molecule has 0 saturated carbocycles. The monoisotopic (exact) mass is 437 g/mol. The van der Waals surface area contributed by atoms with Gasteiger partial charge in [0, 0.05) is 31.7 Å². The summed E-state index contributed by atoms with van der Waals surface area (Å²) >= 11 is 0. The molecule has 1 amide bonds. The third kappa shape index (κ3) is 3.75. The molecule has 170 valence electrons. The Morgan fingerprint density at radius 1 is 1.12 bits per heavy atom. The van der Waals surface area contributed by atoms with Gasteiger partial charge in [0.25, 0.3) is 5.91 Å². The van der Waals surface area contributed by atoms with Gasteiger partial charge < -0.3 is 14.2 Å². The van der Waals surface area contributed by atoms with E-state index in [1.165, 1.54) is 7.11 Å². The van der Waals surface area contributed by atoms with Crippen LogP contribution in [-0.2, 0) is 13.0 Å². The van der Waals surface area contributed by atoms with E-state index in [9.17, 15) is 14.4 Å². The van der Waals surface area contributed by atoms with Gasteiger partial charge in [0.1, 0.15) is 6.17 Å². The maximum Gasteiger partial charge on any atom is 0.275 e. The van der Waals surface area contributed by atoms with Crippen LogP contribution in [0, 0.1) is 0 Å². The fourth-order valence-electron chi connectivity index (χ4n) is 5.14. The van der Waals surface area contributed by atoms with Crippen molar-refractivity contribution in [2.45, 2.75) is 58.3 Å². The van der Waals surface area contributed by atoms with Crippen molar-refractivity contribution >= 4 is 11.7 Å². The smallest absolute Gasteiger partial charge is 0.275 e. The molecule has 0 aliphatic carbocycles. The standard InChI is InChI=1S/C23H25N3O4.C2H6/c1-30-22-20-23(29)26-12-16-8-5-11-25(16)19(26)14-24(20)13-17(21(22)28)18(27)10-9-15-6-3-2-4-7-15;1-2/h2-4,6-7,13,16,19H,5,8-12,14H2,1H3;1-2H3/t16?,19-;/m1./s1. The number of aryl methyl sites for hydroxylation is 1. The van der Waals surface area contributed by atoms with Gasteiger partial charge in [-0.15, -0.1) is 0 Å². The second-order valence-electron chi connectivity index (χ2n) is 8.29. The Labute approximate surface area is 188 Å². The van der Waals surface area contributed by atoms with Gasteiger partial charge in [-0.25, -0.2) is 0 Å². The number of ether oxygens (including phenoxy) is 1. The van der Waals surface area contributed by atoms with Crippen LogP contribution in [0.3, 0.4) is 0 Å². The second kappa shape index (κ2) is 9.28. The summed E-state index contributed by atoms with van der Waals surface area (Å²) in [5, 5.41) is 0. The number of fused-ring (bicyclic) bond motifs is 4. The number of aromatic nitrogens is 1. The first-order valence-corrected chi connectivity index (χ1v) is 11.5. The molecule has 1 aromatic heterocycles. The predicted octanol–water partition coefficient (Wildman–Crippen LogP) is 2.96. The number of rotatable bonds is 5. The number of pyridine rings is 1. The molecular weight excluding hydrogens is 406 g/mol. The Hall–Kier alpha value is -2.93. The maximum absolute atomic E-state index is 13.2. The molecule has 0 bridgehead atoms. The molecule has 3 aliphatic heterocycles. The molecule has 32 heavy (non-hydrogen) atoms. The lowest BCUT2D eigenvalue weighted by Gasteiger charge is -2.36. The summed E-state index contributed by atoms with van der Waals surface area (Å²) in [6.07, 6.45) is 4.60. The average Bonchev–Trinajstić information content (AvgIpc) is 3.42. The lowest BCUT2D eigenvalue weighted by Crippen LogP contribution is -2.50. The minimum Gasteiger partial charge on any atom is -0.491 e. The Bertz CT molecular complexity index is 1060. The van der Waals surface area contributed by atoms with Crippen molar-refractivity contribution in [3.63, 3.8) is 0 Å². The average molecular weight is 438 g/mol. The van der Waals surface area contributed by atoms with E-state index in [4.69, 9.17) is 4.74 Å². The second-order valence-corrected chi connectivity index (χ2v) is 8.29. The van der Waals surface area contributed by atoms with Crippen LogP contribution >= 0.6 is 0 Å². The number of ketones is 1. The van der Waals surface area contributed by atoms with Crippen molar-refractivity contribution in [2.24, 2.45) is 0 Å². The Balaban J connectivity index is 0.00000119. The summed E-state index contributed by atoms with van der Waals surface area (Å²) in [5.41, 5.74) is 0.921. The van der Waals surface area contributed by atoms with E-state index >= 15 is 0 Å². The summed E-state index contributed by atoms with van der Waals surface area (Å²) < 4.78 is 7.13. The van der Waals surface area contributed by atoms with Crippen LogP contribution in [0.5, 0.6) is 5.75 Å². The number of carbonyl (C=O) groups is 2. The lowest BCUT2D eigenvalue weighted by molar-refractivity contribution is 0.0513. The first kappa shape index (κ1) is 22.3. The zero-order valence-electron chi connectivity index (χ0n) is 19.0. The number of amides is 1. The fourth-order valence-corrected chi connectivity index (χ4v) is 5.14. The van der Waals surface area contributed by atoms with Gasteiger partial charge in [-0.2, -0.15) is 0 Å². The number of carbonyl (C=O) groups excluding carboxylic acids is 2. The predicted molar refractivity (Wildman–Crippen MR) is 122 cm³/mol. The van der Waals surface area contributed by atoms with Crippen LogP contribution in [0.4, 0.5) is 0 Å². The van der Waals surface area contributed by atoms with Crippen LogP contribution in [0.25, 0.3) is 0 Å². The fraction of sp³-hybridized carbons (Fsp3) is 0.480. The zero-order chi connectivity index (χ0) is 22.8. The number of Topliss-reactive ketones (excluding diaryl/α,β-unsaturated/α-hetero) is 1. The van der Waals surface area contributed by atoms with Gasteiger partial charge in [0.2, 0.25) is 5.43 Å². The molecule has 1 aromatic carbocycles. The van der Waals surface area contributed by atoms with Crippen molar-refractivity contribution in [1.82, 2.24) is 14.4 Å². The molecule has 2 aromatic rings. The van der Waals surface area contributed by atoms with Crippen LogP contribution in [0.1, 0.15) is 59.5 Å². The normalized spacial score (nSPS) is 21.3. The molecule has 5 rings (SSSR count). The van der Waals surface area contributed by atoms with Gasteiger partial charge in [0.15, 0.2) is 17.2 Å². The van der Waals surface area contributed by atoms with E-state index in [2.05, 4.69) is 4.90 Å². The van der Waals surface area contributed by atoms with E-state index in [1.807, 2.05) is 49.1 Å². The largest absolute Gasteiger partial charge is 0.491 e. The molecule has 2 atom stereocenters. The number of hydrogen-bond acceptors (Lipinski definition) is 5. The Kier molecular flexibility index (Phi) is 6.46. The molecule has 7 heteroatoms. The summed E-state index contributed by atoms with van der Waals surface area (Å²) in [6, 6.07) is 10.1. The van der Waals surface area contributed by atoms with E-state index < -0.39 is 5.43 Å². The highest BCUT2D eigenvalue weighted by Gasteiger charge is 2.48. The first-order chi connectivity index (χ1) is 15.6. The summed E-state index contributed by atoms with van der Waals surface area (Å²) in [4.78, 5) is 43.4. The molecule has 1 unspecified atom stereocenters. The molecule has 3 aliphatic rings. The molecule has 7 nitrogen and oxygen atoms in total. The minimum atomic E-state index is -0.492. The van der Waals surface area contributed by atoms with E-state index in [1.54, 1.807) is 10.8 Å². The number of hydrogen-bond donors (Lipinski definition) is 0. The van der Waals surface area contributed by atoms with Crippen LogP contribution in [-0.4, -0.2) is 58.5 Å². The van der Waals surface area contributed by atoms with Gasteiger partial charge >= 0.3 is 0 Å². The van der Waals surface area contributed by atoms with E-state index in [0.29, 0.717) is 25.6 Å². The molecular formula is C25H31N3O4. The molecule has 4 heterocycles. The van der Waals surface area contributed by atoms with Gasteiger partial charge in [-0.3, -0.25) is 19.3 Å². The Morgan fingerprint density at radius 2 is 1.88 bits per heavy atom.